The maximum absolute atomic E-state index is 8.91. The van der Waals surface area contributed by atoms with Gasteiger partial charge in [-0.1, -0.05) is 57.5 Å². The number of benzene rings is 2. The van der Waals surface area contributed by atoms with Crippen LogP contribution in [0.3, 0.4) is 0 Å². The third-order valence-electron chi connectivity index (χ3n) is 2.26. The van der Waals surface area contributed by atoms with Crippen LogP contribution in [-0.2, 0) is 0 Å². The molecular weight excluding hydrogens is 246 g/mol. The lowest BCUT2D eigenvalue weighted by atomic mass is 10.2. The van der Waals surface area contributed by atoms with Crippen molar-refractivity contribution in [2.45, 2.75) is 34.6 Å². The Hall–Kier alpha value is -2.27. The van der Waals surface area contributed by atoms with Crippen LogP contribution in [0.1, 0.15) is 38.8 Å². The Morgan fingerprint density at radius 3 is 1.95 bits per heavy atom. The summed E-state index contributed by atoms with van der Waals surface area (Å²) in [5, 5.41) is 8.91. The van der Waals surface area contributed by atoms with Crippen LogP contribution >= 0.6 is 0 Å². The molecule has 0 bridgehead atoms. The van der Waals surface area contributed by atoms with Gasteiger partial charge in [0.1, 0.15) is 17.6 Å². The lowest BCUT2D eigenvalue weighted by Crippen LogP contribution is -1.87. The fourth-order valence-electron chi connectivity index (χ4n) is 1.38. The van der Waals surface area contributed by atoms with E-state index in [2.05, 4.69) is 6.07 Å². The Morgan fingerprint density at radius 2 is 1.40 bits per heavy atom. The maximum Gasteiger partial charge on any atom is 0.145 e. The molecule has 0 N–H and O–H groups in total. The van der Waals surface area contributed by atoms with E-state index in [4.69, 9.17) is 10.00 Å². The van der Waals surface area contributed by atoms with Gasteiger partial charge in [0.25, 0.3) is 0 Å². The first kappa shape index (κ1) is 17.7. The van der Waals surface area contributed by atoms with E-state index < -0.39 is 0 Å². The minimum Gasteiger partial charge on any atom is -0.456 e. The maximum atomic E-state index is 8.91. The van der Waals surface area contributed by atoms with Gasteiger partial charge in [0.05, 0.1) is 5.56 Å². The second-order valence-corrected chi connectivity index (χ2v) is 3.52. The molecule has 0 unspecified atom stereocenters. The van der Waals surface area contributed by atoms with Crippen molar-refractivity contribution in [2.75, 3.05) is 0 Å². The van der Waals surface area contributed by atoms with Gasteiger partial charge in [-0.15, -0.1) is 0 Å². The molecule has 0 atom stereocenters. The Bertz CT molecular complexity index is 524. The summed E-state index contributed by atoms with van der Waals surface area (Å²) < 4.78 is 5.63. The Kier molecular flexibility index (Phi) is 9.43. The molecule has 0 saturated heterocycles. The Balaban J connectivity index is 0.000000829. The number of nitrogens with zero attached hydrogens (tertiary/aromatic N) is 1. The van der Waals surface area contributed by atoms with Gasteiger partial charge in [-0.25, -0.2) is 0 Å². The molecule has 2 nitrogen and oxygen atoms in total. The molecule has 0 fully saturated rings. The minimum atomic E-state index is 0.545. The topological polar surface area (TPSA) is 33.0 Å². The monoisotopic (exact) mass is 269 g/mol. The smallest absolute Gasteiger partial charge is 0.145 e. The Labute approximate surface area is 122 Å². The number of hydrogen-bond acceptors (Lipinski definition) is 2. The highest BCUT2D eigenvalue weighted by Crippen LogP contribution is 2.24. The van der Waals surface area contributed by atoms with Crippen molar-refractivity contribution in [1.29, 1.82) is 5.26 Å². The summed E-state index contributed by atoms with van der Waals surface area (Å²) >= 11 is 0. The second-order valence-electron chi connectivity index (χ2n) is 3.52. The van der Waals surface area contributed by atoms with Crippen LogP contribution in [0.15, 0.2) is 48.5 Å². The van der Waals surface area contributed by atoms with E-state index in [9.17, 15) is 0 Å². The van der Waals surface area contributed by atoms with Crippen molar-refractivity contribution in [2.24, 2.45) is 0 Å². The van der Waals surface area contributed by atoms with E-state index in [1.165, 1.54) is 5.56 Å². The molecule has 0 aromatic heterocycles. The number of nitriles is 1. The minimum absolute atomic E-state index is 0.545. The molecule has 2 rings (SSSR count). The van der Waals surface area contributed by atoms with Crippen molar-refractivity contribution in [3.63, 3.8) is 0 Å². The molecule has 2 aromatic carbocycles. The normalized spacial score (nSPS) is 8.20. The zero-order valence-electron chi connectivity index (χ0n) is 13.0. The molecule has 20 heavy (non-hydrogen) atoms. The molecule has 2 aromatic rings. The third-order valence-corrected chi connectivity index (χ3v) is 2.26. The molecule has 0 heterocycles. The van der Waals surface area contributed by atoms with Crippen molar-refractivity contribution < 1.29 is 4.74 Å². The molecule has 2 heteroatoms. The van der Waals surface area contributed by atoms with E-state index in [-0.39, 0.29) is 0 Å². The number of ether oxygens (including phenoxy) is 1. The molecular formula is C18H23NO. The molecule has 0 radical (unpaired) electrons. The van der Waals surface area contributed by atoms with E-state index in [1.54, 1.807) is 12.1 Å². The van der Waals surface area contributed by atoms with E-state index in [0.29, 0.717) is 11.3 Å². The number of aryl methyl sites for hydroxylation is 1. The van der Waals surface area contributed by atoms with Crippen molar-refractivity contribution >= 4 is 0 Å². The summed E-state index contributed by atoms with van der Waals surface area (Å²) in [7, 11) is 0. The van der Waals surface area contributed by atoms with Crippen LogP contribution in [0.4, 0.5) is 0 Å². The van der Waals surface area contributed by atoms with Gasteiger partial charge < -0.3 is 4.74 Å². The van der Waals surface area contributed by atoms with Gasteiger partial charge in [-0.05, 0) is 31.2 Å². The fraction of sp³-hybridized carbons (Fsp3) is 0.278. The highest BCUT2D eigenvalue weighted by molar-refractivity contribution is 5.45. The zero-order chi connectivity index (χ0) is 15.4. The second kappa shape index (κ2) is 10.6. The first-order chi connectivity index (χ1) is 9.79. The fourth-order valence-corrected chi connectivity index (χ4v) is 1.38. The van der Waals surface area contributed by atoms with Crippen LogP contribution in [0.5, 0.6) is 11.5 Å². The molecule has 0 aliphatic carbocycles. The first-order valence-electron chi connectivity index (χ1n) is 7.03. The number of rotatable bonds is 2. The van der Waals surface area contributed by atoms with Gasteiger partial charge in [0.15, 0.2) is 0 Å². The molecule has 0 aliphatic heterocycles. The van der Waals surface area contributed by atoms with Crippen molar-refractivity contribution in [3.8, 4) is 17.6 Å². The van der Waals surface area contributed by atoms with Gasteiger partial charge in [-0.3, -0.25) is 0 Å². The largest absolute Gasteiger partial charge is 0.456 e. The SMILES string of the molecule is CC.CC.Cc1ccc(Oc2ccccc2C#N)cc1. The van der Waals surface area contributed by atoms with E-state index >= 15 is 0 Å². The Morgan fingerprint density at radius 1 is 0.850 bits per heavy atom. The van der Waals surface area contributed by atoms with Gasteiger partial charge >= 0.3 is 0 Å². The molecule has 106 valence electrons. The van der Waals surface area contributed by atoms with Crippen molar-refractivity contribution in [1.82, 2.24) is 0 Å². The standard InChI is InChI=1S/C14H11NO.2C2H6/c1-11-6-8-13(9-7-11)16-14-5-3-2-4-12(14)10-15;2*1-2/h2-9H,1H3;2*1-2H3. The van der Waals surface area contributed by atoms with Gasteiger partial charge in [-0.2, -0.15) is 5.26 Å². The number of para-hydroxylation sites is 1. The van der Waals surface area contributed by atoms with E-state index in [1.807, 2.05) is 71.0 Å². The van der Waals surface area contributed by atoms with Gasteiger partial charge in [0.2, 0.25) is 0 Å². The highest BCUT2D eigenvalue weighted by atomic mass is 16.5. The number of hydrogen-bond donors (Lipinski definition) is 0. The molecule has 0 spiro atoms. The predicted octanol–water partition coefficient (Wildman–Crippen LogP) is 5.71. The quantitative estimate of drug-likeness (QED) is 0.699. The molecule has 0 saturated carbocycles. The van der Waals surface area contributed by atoms with Crippen LogP contribution in [0.2, 0.25) is 0 Å². The third kappa shape index (κ3) is 5.58. The van der Waals surface area contributed by atoms with Crippen LogP contribution in [-0.4, -0.2) is 0 Å². The summed E-state index contributed by atoms with van der Waals surface area (Å²) in [5.41, 5.74) is 1.73. The average Bonchev–Trinajstić information content (AvgIpc) is 2.54. The summed E-state index contributed by atoms with van der Waals surface area (Å²) in [6.07, 6.45) is 0. The summed E-state index contributed by atoms with van der Waals surface area (Å²) in [4.78, 5) is 0. The lowest BCUT2D eigenvalue weighted by Gasteiger charge is -2.06. The van der Waals surface area contributed by atoms with Crippen LogP contribution < -0.4 is 4.74 Å². The van der Waals surface area contributed by atoms with Crippen LogP contribution in [0.25, 0.3) is 0 Å². The highest BCUT2D eigenvalue weighted by Gasteiger charge is 2.02. The van der Waals surface area contributed by atoms with Crippen LogP contribution in [0, 0.1) is 18.3 Å². The summed E-state index contributed by atoms with van der Waals surface area (Å²) in [5.74, 6) is 1.34. The summed E-state index contributed by atoms with van der Waals surface area (Å²) in [6.45, 7) is 10.0. The molecule has 0 amide bonds. The first-order valence-corrected chi connectivity index (χ1v) is 7.03. The summed E-state index contributed by atoms with van der Waals surface area (Å²) in [6, 6.07) is 17.0. The molecule has 0 aliphatic rings. The van der Waals surface area contributed by atoms with E-state index in [0.717, 1.165) is 5.75 Å². The van der Waals surface area contributed by atoms with Gasteiger partial charge in [0, 0.05) is 0 Å². The predicted molar refractivity (Wildman–Crippen MR) is 85.1 cm³/mol. The zero-order valence-corrected chi connectivity index (χ0v) is 13.0. The lowest BCUT2D eigenvalue weighted by molar-refractivity contribution is 0.481. The average molecular weight is 269 g/mol. The van der Waals surface area contributed by atoms with Crippen molar-refractivity contribution in [3.05, 3.63) is 59.7 Å².